The smallest absolute Gasteiger partial charge is 0.160 e. The number of nitrogens with zero attached hydrogens (tertiary/aromatic N) is 3. The summed E-state index contributed by atoms with van der Waals surface area (Å²) in [6, 6.07) is 8.63. The largest absolute Gasteiger partial charge is 0.495 e. The minimum Gasteiger partial charge on any atom is -0.495 e. The van der Waals surface area contributed by atoms with Gasteiger partial charge in [-0.15, -0.1) is 0 Å². The molecule has 4 N–H and O–H groups in total. The fourth-order valence-electron chi connectivity index (χ4n) is 2.07. The van der Waals surface area contributed by atoms with Gasteiger partial charge in [0.05, 0.1) is 17.8 Å². The second-order valence-electron chi connectivity index (χ2n) is 4.94. The van der Waals surface area contributed by atoms with Crippen LogP contribution < -0.4 is 21.1 Å². The molecule has 25 heavy (non-hydrogen) atoms. The van der Waals surface area contributed by atoms with E-state index in [9.17, 15) is 0 Å². The molecule has 0 saturated carbocycles. The Morgan fingerprint density at radius 3 is 2.36 bits per heavy atom. The van der Waals surface area contributed by atoms with Crippen LogP contribution in [0.4, 0.5) is 28.8 Å². The highest BCUT2D eigenvalue weighted by atomic mass is 35.5. The highest BCUT2D eigenvalue weighted by Gasteiger charge is 2.12. The first-order valence-electron chi connectivity index (χ1n) is 7.16. The molecule has 0 spiro atoms. The van der Waals surface area contributed by atoms with E-state index < -0.39 is 0 Å². The molecule has 1 aromatic carbocycles. The van der Waals surface area contributed by atoms with Crippen molar-refractivity contribution in [1.29, 1.82) is 0 Å². The van der Waals surface area contributed by atoms with Crippen LogP contribution >= 0.6 is 23.2 Å². The second-order valence-corrected chi connectivity index (χ2v) is 5.81. The summed E-state index contributed by atoms with van der Waals surface area (Å²) in [6.07, 6.45) is 2.91. The van der Waals surface area contributed by atoms with Crippen LogP contribution in [-0.2, 0) is 0 Å². The Labute approximate surface area is 154 Å². The Hall–Kier alpha value is -2.77. The maximum Gasteiger partial charge on any atom is 0.160 e. The molecule has 0 atom stereocenters. The van der Waals surface area contributed by atoms with Gasteiger partial charge in [-0.25, -0.2) is 15.0 Å². The Morgan fingerprint density at radius 1 is 0.960 bits per heavy atom. The van der Waals surface area contributed by atoms with Crippen molar-refractivity contribution in [3.05, 3.63) is 52.9 Å². The first-order chi connectivity index (χ1) is 12.1. The molecule has 3 rings (SSSR count). The zero-order chi connectivity index (χ0) is 17.8. The number of nitrogens with two attached hydrogens (primary N) is 1. The summed E-state index contributed by atoms with van der Waals surface area (Å²) in [5, 5.41) is 7.22. The van der Waals surface area contributed by atoms with Crippen LogP contribution in [-0.4, -0.2) is 22.1 Å². The highest BCUT2D eigenvalue weighted by Crippen LogP contribution is 2.33. The number of anilines is 5. The average molecular weight is 377 g/mol. The number of hydrogen-bond donors (Lipinski definition) is 3. The maximum atomic E-state index is 6.16. The summed E-state index contributed by atoms with van der Waals surface area (Å²) < 4.78 is 5.31. The van der Waals surface area contributed by atoms with E-state index in [0.717, 1.165) is 0 Å². The molecule has 0 aliphatic heterocycles. The van der Waals surface area contributed by atoms with Gasteiger partial charge in [0.1, 0.15) is 23.6 Å². The molecule has 0 saturated heterocycles. The molecule has 0 amide bonds. The first kappa shape index (κ1) is 17.1. The van der Waals surface area contributed by atoms with Gasteiger partial charge in [-0.05, 0) is 30.3 Å². The number of nitrogens with one attached hydrogen (secondary N) is 2. The number of hydrogen-bond acceptors (Lipinski definition) is 7. The van der Waals surface area contributed by atoms with E-state index in [1.165, 1.54) is 12.5 Å². The third-order valence-electron chi connectivity index (χ3n) is 3.27. The predicted molar refractivity (Wildman–Crippen MR) is 100 cm³/mol. The topological polar surface area (TPSA) is 98.0 Å². The van der Waals surface area contributed by atoms with Gasteiger partial charge < -0.3 is 21.1 Å². The Balaban J connectivity index is 1.88. The van der Waals surface area contributed by atoms with Gasteiger partial charge in [0.15, 0.2) is 11.6 Å². The summed E-state index contributed by atoms with van der Waals surface area (Å²) in [4.78, 5) is 12.5. The Morgan fingerprint density at radius 2 is 1.68 bits per heavy atom. The number of nitrogen functional groups attached to an aromatic ring is 1. The van der Waals surface area contributed by atoms with Crippen molar-refractivity contribution < 1.29 is 4.74 Å². The SMILES string of the molecule is COc1ccc(Cl)cc1Nc1ncnc(Nc2ccc(Cl)cn2)c1N. The summed E-state index contributed by atoms with van der Waals surface area (Å²) in [6.45, 7) is 0. The van der Waals surface area contributed by atoms with Crippen molar-refractivity contribution in [2.24, 2.45) is 0 Å². The van der Waals surface area contributed by atoms with E-state index in [0.29, 0.717) is 44.6 Å². The van der Waals surface area contributed by atoms with Gasteiger partial charge in [-0.3, -0.25) is 0 Å². The fraction of sp³-hybridized carbons (Fsp3) is 0.0625. The fourth-order valence-corrected chi connectivity index (χ4v) is 2.36. The second kappa shape index (κ2) is 7.42. The zero-order valence-corrected chi connectivity index (χ0v) is 14.6. The van der Waals surface area contributed by atoms with Crippen molar-refractivity contribution in [3.8, 4) is 5.75 Å². The van der Waals surface area contributed by atoms with E-state index in [2.05, 4.69) is 25.6 Å². The molecule has 3 aromatic rings. The number of methoxy groups -OCH3 is 1. The molecule has 0 fully saturated rings. The van der Waals surface area contributed by atoms with Gasteiger partial charge in [0, 0.05) is 11.2 Å². The lowest BCUT2D eigenvalue weighted by Gasteiger charge is -2.14. The number of halogens is 2. The number of rotatable bonds is 5. The molecular formula is C16H14Cl2N6O. The minimum atomic E-state index is 0.321. The molecule has 7 nitrogen and oxygen atoms in total. The van der Waals surface area contributed by atoms with Crippen molar-refractivity contribution in [1.82, 2.24) is 15.0 Å². The van der Waals surface area contributed by atoms with E-state index >= 15 is 0 Å². The lowest BCUT2D eigenvalue weighted by Crippen LogP contribution is -2.06. The van der Waals surface area contributed by atoms with Crippen LogP contribution in [0.25, 0.3) is 0 Å². The summed E-state index contributed by atoms with van der Waals surface area (Å²) in [5.74, 6) is 1.98. The highest BCUT2D eigenvalue weighted by molar-refractivity contribution is 6.31. The standard InChI is InChI=1S/C16H14Cl2N6O/c1-25-12-4-2-9(17)6-11(12)23-15-14(19)16(22-8-21-15)24-13-5-3-10(18)7-20-13/h2-8H,19H2,1H3,(H2,20,21,22,23,24). The van der Waals surface area contributed by atoms with E-state index in [-0.39, 0.29) is 0 Å². The molecule has 128 valence electrons. The van der Waals surface area contributed by atoms with Crippen LogP contribution in [0.3, 0.4) is 0 Å². The summed E-state index contributed by atoms with van der Waals surface area (Å²) in [5.41, 5.74) is 7.12. The van der Waals surface area contributed by atoms with Crippen LogP contribution in [0.1, 0.15) is 0 Å². The van der Waals surface area contributed by atoms with Crippen molar-refractivity contribution in [2.45, 2.75) is 0 Å². The number of pyridine rings is 1. The van der Waals surface area contributed by atoms with E-state index in [1.54, 1.807) is 37.4 Å². The minimum absolute atomic E-state index is 0.321. The van der Waals surface area contributed by atoms with Crippen LogP contribution in [0.15, 0.2) is 42.9 Å². The molecule has 0 unspecified atom stereocenters. The molecule has 0 aliphatic carbocycles. The van der Waals surface area contributed by atoms with Gasteiger partial charge in [0.2, 0.25) is 0 Å². The maximum absolute atomic E-state index is 6.16. The predicted octanol–water partition coefficient (Wildman–Crippen LogP) is 4.26. The number of aromatic nitrogens is 3. The van der Waals surface area contributed by atoms with Crippen molar-refractivity contribution in [2.75, 3.05) is 23.5 Å². The van der Waals surface area contributed by atoms with Gasteiger partial charge in [-0.2, -0.15) is 0 Å². The van der Waals surface area contributed by atoms with Crippen molar-refractivity contribution in [3.63, 3.8) is 0 Å². The average Bonchev–Trinajstić information content (AvgIpc) is 2.60. The third kappa shape index (κ3) is 4.01. The number of benzene rings is 1. The third-order valence-corrected chi connectivity index (χ3v) is 3.73. The summed E-state index contributed by atoms with van der Waals surface area (Å²) in [7, 11) is 1.57. The van der Waals surface area contributed by atoms with E-state index in [1.807, 2.05) is 0 Å². The molecule has 9 heteroatoms. The summed E-state index contributed by atoms with van der Waals surface area (Å²) >= 11 is 11.9. The lowest BCUT2D eigenvalue weighted by atomic mass is 10.3. The van der Waals surface area contributed by atoms with E-state index in [4.69, 9.17) is 33.7 Å². The molecule has 0 aliphatic rings. The zero-order valence-electron chi connectivity index (χ0n) is 13.1. The van der Waals surface area contributed by atoms with Crippen LogP contribution in [0.5, 0.6) is 5.75 Å². The molecule has 0 bridgehead atoms. The quantitative estimate of drug-likeness (QED) is 0.611. The Bertz CT molecular complexity index is 888. The van der Waals surface area contributed by atoms with Crippen LogP contribution in [0.2, 0.25) is 10.0 Å². The molecule has 2 aromatic heterocycles. The normalized spacial score (nSPS) is 10.4. The van der Waals surface area contributed by atoms with Crippen LogP contribution in [0, 0.1) is 0 Å². The lowest BCUT2D eigenvalue weighted by molar-refractivity contribution is 0.417. The molecule has 0 radical (unpaired) electrons. The molecule has 2 heterocycles. The first-order valence-corrected chi connectivity index (χ1v) is 7.92. The van der Waals surface area contributed by atoms with Gasteiger partial charge >= 0.3 is 0 Å². The number of ether oxygens (including phenoxy) is 1. The monoisotopic (exact) mass is 376 g/mol. The molecular weight excluding hydrogens is 363 g/mol. The van der Waals surface area contributed by atoms with Crippen molar-refractivity contribution >= 4 is 52.0 Å². The van der Waals surface area contributed by atoms with Gasteiger partial charge in [-0.1, -0.05) is 23.2 Å². The van der Waals surface area contributed by atoms with Gasteiger partial charge in [0.25, 0.3) is 0 Å². The Kier molecular flexibility index (Phi) is 5.06.